The van der Waals surface area contributed by atoms with Gasteiger partial charge in [0.05, 0.1) is 5.92 Å². The predicted octanol–water partition coefficient (Wildman–Crippen LogP) is 0.606. The van der Waals surface area contributed by atoms with Crippen LogP contribution in [0.15, 0.2) is 0 Å². The first-order valence-electron chi connectivity index (χ1n) is 5.35. The number of carbonyl (C=O) groups excluding carboxylic acids is 1. The molecule has 0 aromatic heterocycles. The third kappa shape index (κ3) is 2.06. The molecular formula is C10H18N2OS. The number of carbonyl (C=O) groups is 1. The van der Waals surface area contributed by atoms with Crippen molar-refractivity contribution in [3.05, 3.63) is 0 Å². The first-order valence-corrected chi connectivity index (χ1v) is 6.64. The van der Waals surface area contributed by atoms with E-state index in [1.807, 2.05) is 11.8 Å². The third-order valence-corrected chi connectivity index (χ3v) is 4.40. The molecule has 2 atom stereocenters. The Hall–Kier alpha value is -0.220. The SMILES string of the molecule is CSC1CCCC1NC(=O)C1CNC1. The number of hydrogen-bond donors (Lipinski definition) is 2. The minimum absolute atomic E-state index is 0.234. The average Bonchev–Trinajstić information content (AvgIpc) is 2.48. The van der Waals surface area contributed by atoms with Gasteiger partial charge in [-0.05, 0) is 19.1 Å². The second-order valence-corrected chi connectivity index (χ2v) is 5.25. The molecule has 14 heavy (non-hydrogen) atoms. The maximum absolute atomic E-state index is 11.7. The van der Waals surface area contributed by atoms with Gasteiger partial charge in [-0.15, -0.1) is 0 Å². The molecule has 1 amide bonds. The van der Waals surface area contributed by atoms with Crippen molar-refractivity contribution in [3.63, 3.8) is 0 Å². The molecule has 1 heterocycles. The lowest BCUT2D eigenvalue weighted by Crippen LogP contribution is -2.53. The van der Waals surface area contributed by atoms with Gasteiger partial charge in [-0.25, -0.2) is 0 Å². The van der Waals surface area contributed by atoms with E-state index in [0.29, 0.717) is 11.3 Å². The molecule has 80 valence electrons. The number of thioether (sulfide) groups is 1. The monoisotopic (exact) mass is 214 g/mol. The van der Waals surface area contributed by atoms with Crippen LogP contribution < -0.4 is 10.6 Å². The van der Waals surface area contributed by atoms with Crippen molar-refractivity contribution in [1.82, 2.24) is 10.6 Å². The van der Waals surface area contributed by atoms with Gasteiger partial charge in [0.1, 0.15) is 0 Å². The highest BCUT2D eigenvalue weighted by Gasteiger charge is 2.31. The van der Waals surface area contributed by atoms with Crippen LogP contribution >= 0.6 is 11.8 Å². The molecule has 0 spiro atoms. The number of nitrogens with one attached hydrogen (secondary N) is 2. The van der Waals surface area contributed by atoms with Gasteiger partial charge >= 0.3 is 0 Å². The maximum Gasteiger partial charge on any atom is 0.225 e. The van der Waals surface area contributed by atoms with Crippen molar-refractivity contribution < 1.29 is 4.79 Å². The van der Waals surface area contributed by atoms with E-state index in [0.717, 1.165) is 19.5 Å². The molecule has 1 aliphatic carbocycles. The van der Waals surface area contributed by atoms with Gasteiger partial charge in [-0.3, -0.25) is 4.79 Å². The highest BCUT2D eigenvalue weighted by Crippen LogP contribution is 2.28. The van der Waals surface area contributed by atoms with Gasteiger partial charge in [-0.2, -0.15) is 11.8 Å². The summed E-state index contributed by atoms with van der Waals surface area (Å²) in [6.45, 7) is 1.73. The molecule has 4 heteroatoms. The topological polar surface area (TPSA) is 41.1 Å². The van der Waals surface area contributed by atoms with Crippen LogP contribution in [0.4, 0.5) is 0 Å². The molecule has 0 bridgehead atoms. The van der Waals surface area contributed by atoms with Gasteiger partial charge in [0.25, 0.3) is 0 Å². The molecule has 0 radical (unpaired) electrons. The normalized spacial score (nSPS) is 32.6. The molecule has 1 aliphatic heterocycles. The molecule has 0 aromatic carbocycles. The van der Waals surface area contributed by atoms with Crippen molar-refractivity contribution in [1.29, 1.82) is 0 Å². The molecule has 1 saturated heterocycles. The van der Waals surface area contributed by atoms with E-state index in [-0.39, 0.29) is 11.8 Å². The Labute approximate surface area is 89.4 Å². The third-order valence-electron chi connectivity index (χ3n) is 3.24. The van der Waals surface area contributed by atoms with E-state index >= 15 is 0 Å². The van der Waals surface area contributed by atoms with Crippen LogP contribution in [-0.2, 0) is 4.79 Å². The average molecular weight is 214 g/mol. The minimum Gasteiger partial charge on any atom is -0.352 e. The largest absolute Gasteiger partial charge is 0.352 e. The summed E-state index contributed by atoms with van der Waals surface area (Å²) in [6, 6.07) is 0.429. The van der Waals surface area contributed by atoms with Gasteiger partial charge < -0.3 is 10.6 Å². The van der Waals surface area contributed by atoms with Crippen LogP contribution in [-0.4, -0.2) is 36.5 Å². The summed E-state index contributed by atoms with van der Waals surface area (Å²) in [5.41, 5.74) is 0. The zero-order chi connectivity index (χ0) is 9.97. The summed E-state index contributed by atoms with van der Waals surface area (Å²) in [5, 5.41) is 6.95. The number of hydrogen-bond acceptors (Lipinski definition) is 3. The summed E-state index contributed by atoms with van der Waals surface area (Å²) in [6.07, 6.45) is 5.83. The standard InChI is InChI=1S/C10H18N2OS/c1-14-9-4-2-3-8(9)12-10(13)7-5-11-6-7/h7-9,11H,2-6H2,1H3,(H,12,13). The molecule has 3 nitrogen and oxygen atoms in total. The highest BCUT2D eigenvalue weighted by atomic mass is 32.2. The lowest BCUT2D eigenvalue weighted by molar-refractivity contribution is -0.127. The second kappa shape index (κ2) is 4.53. The van der Waals surface area contributed by atoms with Crippen molar-refractivity contribution in [2.75, 3.05) is 19.3 Å². The van der Waals surface area contributed by atoms with Crippen LogP contribution in [0.5, 0.6) is 0 Å². The summed E-state index contributed by atoms with van der Waals surface area (Å²) < 4.78 is 0. The zero-order valence-electron chi connectivity index (χ0n) is 8.58. The van der Waals surface area contributed by atoms with Gasteiger partial charge in [0.2, 0.25) is 5.91 Å². The Bertz CT molecular complexity index is 218. The Balaban J connectivity index is 1.80. The summed E-state index contributed by atoms with van der Waals surface area (Å²) >= 11 is 1.89. The van der Waals surface area contributed by atoms with E-state index < -0.39 is 0 Å². The summed E-state index contributed by atoms with van der Waals surface area (Å²) in [7, 11) is 0. The zero-order valence-corrected chi connectivity index (χ0v) is 9.40. The van der Waals surface area contributed by atoms with Gasteiger partial charge in [-0.1, -0.05) is 6.42 Å². The fourth-order valence-electron chi connectivity index (χ4n) is 2.15. The molecule has 0 aromatic rings. The first kappa shape index (κ1) is 10.3. The van der Waals surface area contributed by atoms with Gasteiger partial charge in [0.15, 0.2) is 0 Å². The van der Waals surface area contributed by atoms with Crippen LogP contribution in [0.1, 0.15) is 19.3 Å². The Morgan fingerprint density at radius 1 is 1.43 bits per heavy atom. The number of rotatable bonds is 3. The van der Waals surface area contributed by atoms with E-state index in [2.05, 4.69) is 16.9 Å². The van der Waals surface area contributed by atoms with E-state index in [9.17, 15) is 4.79 Å². The Morgan fingerprint density at radius 2 is 2.21 bits per heavy atom. The lowest BCUT2D eigenvalue weighted by Gasteiger charge is -2.28. The molecule has 2 rings (SSSR count). The van der Waals surface area contributed by atoms with Crippen LogP contribution in [0.2, 0.25) is 0 Å². The molecule has 1 saturated carbocycles. The van der Waals surface area contributed by atoms with E-state index in [1.165, 1.54) is 12.8 Å². The lowest BCUT2D eigenvalue weighted by atomic mass is 10.0. The summed E-state index contributed by atoms with van der Waals surface area (Å²) in [5.74, 6) is 0.493. The smallest absolute Gasteiger partial charge is 0.225 e. The van der Waals surface area contributed by atoms with E-state index in [4.69, 9.17) is 0 Å². The molecular weight excluding hydrogens is 196 g/mol. The van der Waals surface area contributed by atoms with Crippen LogP contribution in [0.25, 0.3) is 0 Å². The van der Waals surface area contributed by atoms with Crippen molar-refractivity contribution in [2.24, 2.45) is 5.92 Å². The van der Waals surface area contributed by atoms with Crippen molar-refractivity contribution in [3.8, 4) is 0 Å². The summed E-state index contributed by atoms with van der Waals surface area (Å²) in [4.78, 5) is 11.7. The first-order chi connectivity index (χ1) is 6.81. The fraction of sp³-hybridized carbons (Fsp3) is 0.900. The second-order valence-electron chi connectivity index (χ2n) is 4.18. The quantitative estimate of drug-likeness (QED) is 0.723. The minimum atomic E-state index is 0.234. The molecule has 2 N–H and O–H groups in total. The van der Waals surface area contributed by atoms with Gasteiger partial charge in [0, 0.05) is 24.4 Å². The molecule has 2 aliphatic rings. The maximum atomic E-state index is 11.7. The van der Waals surface area contributed by atoms with E-state index in [1.54, 1.807) is 0 Å². The van der Waals surface area contributed by atoms with Crippen molar-refractivity contribution >= 4 is 17.7 Å². The predicted molar refractivity (Wildman–Crippen MR) is 59.4 cm³/mol. The van der Waals surface area contributed by atoms with Crippen molar-refractivity contribution in [2.45, 2.75) is 30.6 Å². The van der Waals surface area contributed by atoms with Crippen LogP contribution in [0, 0.1) is 5.92 Å². The highest BCUT2D eigenvalue weighted by molar-refractivity contribution is 7.99. The Kier molecular flexibility index (Phi) is 3.34. The molecule has 2 fully saturated rings. The Morgan fingerprint density at radius 3 is 2.79 bits per heavy atom. The fourth-order valence-corrected chi connectivity index (χ4v) is 3.08. The van der Waals surface area contributed by atoms with Crippen LogP contribution in [0.3, 0.4) is 0 Å². The number of amides is 1. The molecule has 2 unspecified atom stereocenters.